The van der Waals surface area contributed by atoms with Crippen LogP contribution in [0.4, 0.5) is 5.69 Å². The number of anilines is 1. The molecule has 0 fully saturated rings. The van der Waals surface area contributed by atoms with Crippen molar-refractivity contribution in [3.05, 3.63) is 45.4 Å². The van der Waals surface area contributed by atoms with Gasteiger partial charge in [0.2, 0.25) is 0 Å². The van der Waals surface area contributed by atoms with Crippen LogP contribution in [0, 0.1) is 6.92 Å². The number of thiophene rings is 1. The second-order valence-electron chi connectivity index (χ2n) is 4.25. The number of nitrogens with zero attached hydrogens (tertiary/aromatic N) is 1. The number of aromatic carboxylic acids is 1. The van der Waals surface area contributed by atoms with Gasteiger partial charge in [0, 0.05) is 28.2 Å². The van der Waals surface area contributed by atoms with Gasteiger partial charge in [-0.3, -0.25) is 4.98 Å². The molecule has 0 aliphatic carbocycles. The van der Waals surface area contributed by atoms with Crippen molar-refractivity contribution in [2.24, 2.45) is 0 Å². The molecule has 19 heavy (non-hydrogen) atoms. The zero-order valence-corrected chi connectivity index (χ0v) is 11.8. The Kier molecular flexibility index (Phi) is 4.16. The summed E-state index contributed by atoms with van der Waals surface area (Å²) in [4.78, 5) is 17.7. The maximum atomic E-state index is 11.1. The van der Waals surface area contributed by atoms with Gasteiger partial charge in [0.25, 0.3) is 0 Å². The average Bonchev–Trinajstić information content (AvgIpc) is 2.84. The van der Waals surface area contributed by atoms with Crippen LogP contribution in [0.3, 0.4) is 0 Å². The molecule has 2 rings (SSSR count). The molecule has 0 aromatic carbocycles. The van der Waals surface area contributed by atoms with Crippen molar-refractivity contribution < 1.29 is 9.90 Å². The van der Waals surface area contributed by atoms with Gasteiger partial charge in [0.15, 0.2) is 0 Å². The van der Waals surface area contributed by atoms with Gasteiger partial charge in [-0.25, -0.2) is 4.79 Å². The Morgan fingerprint density at radius 1 is 1.42 bits per heavy atom. The molecule has 0 amide bonds. The van der Waals surface area contributed by atoms with Gasteiger partial charge in [0.05, 0.1) is 5.69 Å². The number of rotatable bonds is 5. The van der Waals surface area contributed by atoms with Gasteiger partial charge in [-0.05, 0) is 31.5 Å². The van der Waals surface area contributed by atoms with E-state index >= 15 is 0 Å². The largest absolute Gasteiger partial charge is 0.478 e. The minimum atomic E-state index is -0.963. The van der Waals surface area contributed by atoms with Crippen LogP contribution in [0.1, 0.15) is 32.7 Å². The third-order valence-corrected chi connectivity index (χ3v) is 4.02. The molecule has 100 valence electrons. The third-order valence-electron chi connectivity index (χ3n) is 2.79. The molecule has 0 saturated carbocycles. The fourth-order valence-corrected chi connectivity index (χ4v) is 2.66. The minimum absolute atomic E-state index is 0.206. The molecule has 0 atom stereocenters. The van der Waals surface area contributed by atoms with Crippen LogP contribution in [-0.2, 0) is 13.0 Å². The molecular formula is C14H16N2O2S. The van der Waals surface area contributed by atoms with Crippen LogP contribution in [0.5, 0.6) is 0 Å². The highest BCUT2D eigenvalue weighted by Crippen LogP contribution is 2.20. The highest BCUT2D eigenvalue weighted by molar-refractivity contribution is 7.12. The molecule has 2 N–H and O–H groups in total. The van der Waals surface area contributed by atoms with Crippen LogP contribution >= 0.6 is 11.3 Å². The van der Waals surface area contributed by atoms with E-state index in [1.54, 1.807) is 17.4 Å². The minimum Gasteiger partial charge on any atom is -0.478 e. The summed E-state index contributed by atoms with van der Waals surface area (Å²) in [5.74, 6) is -0.963. The Labute approximate surface area is 116 Å². The number of hydrogen-bond acceptors (Lipinski definition) is 4. The van der Waals surface area contributed by atoms with Gasteiger partial charge in [-0.2, -0.15) is 0 Å². The fourth-order valence-electron chi connectivity index (χ4n) is 1.77. The first-order chi connectivity index (χ1) is 9.10. The van der Waals surface area contributed by atoms with Crippen LogP contribution in [0.2, 0.25) is 0 Å². The second kappa shape index (κ2) is 5.84. The summed E-state index contributed by atoms with van der Waals surface area (Å²) in [5, 5.41) is 12.3. The van der Waals surface area contributed by atoms with E-state index in [4.69, 9.17) is 5.11 Å². The summed E-state index contributed by atoms with van der Waals surface area (Å²) < 4.78 is 0. The van der Waals surface area contributed by atoms with Crippen molar-refractivity contribution in [3.8, 4) is 0 Å². The van der Waals surface area contributed by atoms with Gasteiger partial charge in [-0.1, -0.05) is 6.92 Å². The van der Waals surface area contributed by atoms with E-state index < -0.39 is 5.97 Å². The number of pyridine rings is 1. The number of hydrogen-bond donors (Lipinski definition) is 2. The Bertz CT molecular complexity index is 593. The zero-order valence-electron chi connectivity index (χ0n) is 10.9. The van der Waals surface area contributed by atoms with Crippen molar-refractivity contribution >= 4 is 23.0 Å². The Morgan fingerprint density at radius 2 is 2.16 bits per heavy atom. The van der Waals surface area contributed by atoms with Crippen LogP contribution in [-0.4, -0.2) is 16.1 Å². The van der Waals surface area contributed by atoms with E-state index in [1.165, 1.54) is 16.0 Å². The lowest BCUT2D eigenvalue weighted by atomic mass is 10.2. The van der Waals surface area contributed by atoms with Crippen molar-refractivity contribution in [1.29, 1.82) is 0 Å². The lowest BCUT2D eigenvalue weighted by Crippen LogP contribution is -2.07. The molecule has 0 spiro atoms. The smallest absolute Gasteiger partial charge is 0.339 e. The normalized spacial score (nSPS) is 10.4. The van der Waals surface area contributed by atoms with Crippen LogP contribution in [0.15, 0.2) is 24.4 Å². The molecular weight excluding hydrogens is 260 g/mol. The lowest BCUT2D eigenvalue weighted by molar-refractivity contribution is 0.0697. The van der Waals surface area contributed by atoms with Crippen LogP contribution < -0.4 is 5.32 Å². The van der Waals surface area contributed by atoms with Gasteiger partial charge in [-0.15, -0.1) is 11.3 Å². The summed E-state index contributed by atoms with van der Waals surface area (Å²) in [6.45, 7) is 4.60. The molecule has 0 bridgehead atoms. The van der Waals surface area contributed by atoms with Crippen LogP contribution in [0.25, 0.3) is 0 Å². The topological polar surface area (TPSA) is 62.2 Å². The zero-order chi connectivity index (χ0) is 13.8. The summed E-state index contributed by atoms with van der Waals surface area (Å²) in [6.07, 6.45) is 2.42. The summed E-state index contributed by atoms with van der Waals surface area (Å²) in [5.41, 5.74) is 1.62. The van der Waals surface area contributed by atoms with E-state index in [1.807, 2.05) is 6.92 Å². The molecule has 2 aromatic heterocycles. The Balaban J connectivity index is 2.14. The standard InChI is InChI=1S/C14H16N2O2S/c1-3-10-4-5-11(19-10)7-16-13-6-9(2)15-8-12(13)14(17)18/h4-6,8H,3,7H2,1-2H3,(H,15,16)(H,17,18). The molecule has 0 aliphatic heterocycles. The van der Waals surface area contributed by atoms with Crippen molar-refractivity contribution in [2.45, 2.75) is 26.8 Å². The van der Waals surface area contributed by atoms with E-state index in [0.717, 1.165) is 12.1 Å². The van der Waals surface area contributed by atoms with Crippen molar-refractivity contribution in [3.63, 3.8) is 0 Å². The number of nitrogens with one attached hydrogen (secondary N) is 1. The first kappa shape index (κ1) is 13.5. The van der Waals surface area contributed by atoms with Gasteiger partial charge in [0.1, 0.15) is 5.56 Å². The fraction of sp³-hybridized carbons (Fsp3) is 0.286. The average molecular weight is 276 g/mol. The lowest BCUT2D eigenvalue weighted by Gasteiger charge is -2.09. The third kappa shape index (κ3) is 3.32. The number of aromatic nitrogens is 1. The molecule has 4 nitrogen and oxygen atoms in total. The highest BCUT2D eigenvalue weighted by Gasteiger charge is 2.11. The monoisotopic (exact) mass is 276 g/mol. The predicted molar refractivity (Wildman–Crippen MR) is 77.0 cm³/mol. The quantitative estimate of drug-likeness (QED) is 0.879. The Morgan fingerprint density at radius 3 is 2.79 bits per heavy atom. The summed E-state index contributed by atoms with van der Waals surface area (Å²) in [7, 11) is 0. The molecule has 0 radical (unpaired) electrons. The summed E-state index contributed by atoms with van der Waals surface area (Å²) >= 11 is 1.75. The number of carboxylic acids is 1. The Hall–Kier alpha value is -1.88. The van der Waals surface area contributed by atoms with Crippen molar-refractivity contribution in [1.82, 2.24) is 4.98 Å². The van der Waals surface area contributed by atoms with Crippen molar-refractivity contribution in [2.75, 3.05) is 5.32 Å². The SMILES string of the molecule is CCc1ccc(CNc2cc(C)ncc2C(=O)O)s1. The number of carbonyl (C=O) groups is 1. The first-order valence-electron chi connectivity index (χ1n) is 6.11. The molecule has 2 aromatic rings. The number of aryl methyl sites for hydroxylation is 2. The van der Waals surface area contributed by atoms with E-state index in [0.29, 0.717) is 12.2 Å². The number of carboxylic acid groups (broad SMARTS) is 1. The molecule has 2 heterocycles. The molecule has 0 unspecified atom stereocenters. The maximum absolute atomic E-state index is 11.1. The molecule has 0 aliphatic rings. The first-order valence-corrected chi connectivity index (χ1v) is 6.93. The second-order valence-corrected chi connectivity index (χ2v) is 5.50. The van der Waals surface area contributed by atoms with E-state index in [-0.39, 0.29) is 5.56 Å². The van der Waals surface area contributed by atoms with E-state index in [9.17, 15) is 4.79 Å². The summed E-state index contributed by atoms with van der Waals surface area (Å²) in [6, 6.07) is 5.94. The molecule has 5 heteroatoms. The van der Waals surface area contributed by atoms with E-state index in [2.05, 4.69) is 29.4 Å². The maximum Gasteiger partial charge on any atom is 0.339 e. The molecule has 0 saturated heterocycles. The van der Waals surface area contributed by atoms with Gasteiger partial charge >= 0.3 is 5.97 Å². The highest BCUT2D eigenvalue weighted by atomic mass is 32.1. The predicted octanol–water partition coefficient (Wildman–Crippen LogP) is 3.32. The van der Waals surface area contributed by atoms with Gasteiger partial charge < -0.3 is 10.4 Å².